The van der Waals surface area contributed by atoms with E-state index in [1.165, 1.54) is 17.4 Å². The summed E-state index contributed by atoms with van der Waals surface area (Å²) in [6.07, 6.45) is 0. The average Bonchev–Trinajstić information content (AvgIpc) is 2.80. The molecule has 0 aliphatic heterocycles. The van der Waals surface area contributed by atoms with Crippen LogP contribution >= 0.6 is 22.9 Å². The lowest BCUT2D eigenvalue weighted by atomic mass is 10.1. The lowest BCUT2D eigenvalue weighted by molar-refractivity contribution is 0.103. The van der Waals surface area contributed by atoms with Crippen LogP contribution in [0.25, 0.3) is 10.1 Å². The van der Waals surface area contributed by atoms with Gasteiger partial charge < -0.3 is 5.32 Å². The van der Waals surface area contributed by atoms with E-state index in [4.69, 9.17) is 11.6 Å². The first kappa shape index (κ1) is 14.0. The maximum Gasteiger partial charge on any atom is 0.266 e. The van der Waals surface area contributed by atoms with Crippen molar-refractivity contribution in [1.82, 2.24) is 0 Å². The Hall–Kier alpha value is -1.91. The number of rotatable bonds is 2. The fourth-order valence-electron chi connectivity index (χ4n) is 2.19. The molecule has 1 N–H and O–H groups in total. The number of halogens is 2. The smallest absolute Gasteiger partial charge is 0.266 e. The molecule has 0 radical (unpaired) electrons. The van der Waals surface area contributed by atoms with E-state index in [1.807, 2.05) is 6.07 Å². The molecule has 0 spiro atoms. The molecule has 0 bridgehead atoms. The molecular weight excluding hydrogens is 309 g/mol. The zero-order chi connectivity index (χ0) is 15.0. The van der Waals surface area contributed by atoms with Gasteiger partial charge in [-0.3, -0.25) is 4.79 Å². The second-order valence-corrected chi connectivity index (χ2v) is 6.12. The largest absolute Gasteiger partial charge is 0.321 e. The number of aryl methyl sites for hydroxylation is 1. The zero-order valence-electron chi connectivity index (χ0n) is 11.1. The molecule has 2 aromatic carbocycles. The summed E-state index contributed by atoms with van der Waals surface area (Å²) in [7, 11) is 0. The summed E-state index contributed by atoms with van der Waals surface area (Å²) in [5, 5.41) is 3.92. The van der Waals surface area contributed by atoms with Gasteiger partial charge >= 0.3 is 0 Å². The summed E-state index contributed by atoms with van der Waals surface area (Å²) in [5.41, 5.74) is 1.32. The van der Waals surface area contributed by atoms with Gasteiger partial charge in [0.1, 0.15) is 5.82 Å². The molecule has 3 rings (SSSR count). The third-order valence-electron chi connectivity index (χ3n) is 3.21. The first-order valence-electron chi connectivity index (χ1n) is 6.31. The molecule has 0 saturated heterocycles. The van der Waals surface area contributed by atoms with Gasteiger partial charge in [0.05, 0.1) is 4.88 Å². The number of carbonyl (C=O) groups excluding carboxylic acids is 1. The topological polar surface area (TPSA) is 29.1 Å². The van der Waals surface area contributed by atoms with Crippen molar-refractivity contribution in [1.29, 1.82) is 0 Å². The van der Waals surface area contributed by atoms with Crippen molar-refractivity contribution in [2.75, 3.05) is 5.32 Å². The van der Waals surface area contributed by atoms with Crippen LogP contribution in [-0.2, 0) is 0 Å². The highest BCUT2D eigenvalue weighted by molar-refractivity contribution is 7.21. The Morgan fingerprint density at radius 1 is 1.19 bits per heavy atom. The summed E-state index contributed by atoms with van der Waals surface area (Å²) in [6, 6.07) is 11.7. The van der Waals surface area contributed by atoms with Crippen LogP contribution in [-0.4, -0.2) is 5.91 Å². The quantitative estimate of drug-likeness (QED) is 0.686. The van der Waals surface area contributed by atoms with E-state index < -0.39 is 0 Å². The molecular formula is C16H11ClFNOS. The maximum absolute atomic E-state index is 13.9. The minimum absolute atomic E-state index is 0.240. The minimum Gasteiger partial charge on any atom is -0.321 e. The second kappa shape index (κ2) is 5.47. The van der Waals surface area contributed by atoms with E-state index >= 15 is 0 Å². The molecule has 0 aliphatic rings. The first-order valence-corrected chi connectivity index (χ1v) is 7.50. The fourth-order valence-corrected chi connectivity index (χ4v) is 3.44. The molecule has 0 fully saturated rings. The third kappa shape index (κ3) is 2.64. The van der Waals surface area contributed by atoms with Crippen molar-refractivity contribution in [2.24, 2.45) is 0 Å². The van der Waals surface area contributed by atoms with E-state index in [2.05, 4.69) is 5.32 Å². The van der Waals surface area contributed by atoms with Crippen LogP contribution < -0.4 is 5.32 Å². The van der Waals surface area contributed by atoms with Crippen LogP contribution in [0.5, 0.6) is 0 Å². The standard InChI is InChI=1S/C16H11ClFNOS/c1-9-14-12(18)3-2-4-13(14)21-15(9)16(20)19-11-7-5-10(17)6-8-11/h2-8H,1H3,(H,19,20). The molecule has 1 heterocycles. The van der Waals surface area contributed by atoms with Gasteiger partial charge in [0.2, 0.25) is 0 Å². The Bertz CT molecular complexity index is 826. The van der Waals surface area contributed by atoms with Crippen LogP contribution in [0.2, 0.25) is 5.02 Å². The van der Waals surface area contributed by atoms with Crippen LogP contribution in [0.4, 0.5) is 10.1 Å². The highest BCUT2D eigenvalue weighted by Gasteiger charge is 2.17. The SMILES string of the molecule is Cc1c(C(=O)Nc2ccc(Cl)cc2)sc2cccc(F)c12. The maximum atomic E-state index is 13.9. The average molecular weight is 320 g/mol. The fraction of sp³-hybridized carbons (Fsp3) is 0.0625. The molecule has 0 saturated carbocycles. The molecule has 2 nitrogen and oxygen atoms in total. The molecule has 3 aromatic rings. The third-order valence-corrected chi connectivity index (χ3v) is 4.72. The van der Waals surface area contributed by atoms with Gasteiger partial charge in [-0.2, -0.15) is 0 Å². The minimum atomic E-state index is -0.299. The molecule has 1 aromatic heterocycles. The van der Waals surface area contributed by atoms with Crippen LogP contribution in [0.15, 0.2) is 42.5 Å². The number of fused-ring (bicyclic) bond motifs is 1. The van der Waals surface area contributed by atoms with Gasteiger partial charge in [0, 0.05) is 20.8 Å². The lowest BCUT2D eigenvalue weighted by Gasteiger charge is -2.04. The van der Waals surface area contributed by atoms with E-state index in [1.54, 1.807) is 37.3 Å². The molecule has 5 heteroatoms. The normalized spacial score (nSPS) is 10.8. The van der Waals surface area contributed by atoms with Crippen molar-refractivity contribution in [3.63, 3.8) is 0 Å². The summed E-state index contributed by atoms with van der Waals surface area (Å²) >= 11 is 7.10. The van der Waals surface area contributed by atoms with Gasteiger partial charge in [0.25, 0.3) is 5.91 Å². The van der Waals surface area contributed by atoms with Crippen molar-refractivity contribution in [3.8, 4) is 0 Å². The molecule has 0 aliphatic carbocycles. The number of benzene rings is 2. The lowest BCUT2D eigenvalue weighted by Crippen LogP contribution is -2.11. The number of amides is 1. The predicted octanol–water partition coefficient (Wildman–Crippen LogP) is 5.25. The highest BCUT2D eigenvalue weighted by Crippen LogP contribution is 2.33. The summed E-state index contributed by atoms with van der Waals surface area (Å²) in [5.74, 6) is -0.540. The molecule has 0 atom stereocenters. The number of thiophene rings is 1. The molecule has 0 unspecified atom stereocenters. The molecule has 21 heavy (non-hydrogen) atoms. The first-order chi connectivity index (χ1) is 10.1. The number of nitrogens with one attached hydrogen (secondary N) is 1. The Balaban J connectivity index is 1.96. The van der Waals surface area contributed by atoms with E-state index in [0.29, 0.717) is 26.5 Å². The van der Waals surface area contributed by atoms with Crippen molar-refractivity contribution >= 4 is 44.6 Å². The summed E-state index contributed by atoms with van der Waals surface area (Å²) in [6.45, 7) is 1.76. The Kier molecular flexibility index (Phi) is 3.66. The Morgan fingerprint density at radius 3 is 2.57 bits per heavy atom. The summed E-state index contributed by atoms with van der Waals surface area (Å²) < 4.78 is 14.6. The molecule has 1 amide bonds. The van der Waals surface area contributed by atoms with Crippen LogP contribution in [0.1, 0.15) is 15.2 Å². The second-order valence-electron chi connectivity index (χ2n) is 4.63. The van der Waals surface area contributed by atoms with E-state index in [9.17, 15) is 9.18 Å². The number of hydrogen-bond acceptors (Lipinski definition) is 2. The van der Waals surface area contributed by atoms with Gasteiger partial charge in [-0.1, -0.05) is 17.7 Å². The van der Waals surface area contributed by atoms with Crippen molar-refractivity contribution in [3.05, 3.63) is 63.7 Å². The van der Waals surface area contributed by atoms with E-state index in [-0.39, 0.29) is 11.7 Å². The van der Waals surface area contributed by atoms with Crippen molar-refractivity contribution in [2.45, 2.75) is 6.92 Å². The van der Waals surface area contributed by atoms with Crippen LogP contribution in [0, 0.1) is 12.7 Å². The number of carbonyl (C=O) groups is 1. The summed E-state index contributed by atoms with van der Waals surface area (Å²) in [4.78, 5) is 12.9. The monoisotopic (exact) mass is 319 g/mol. The Morgan fingerprint density at radius 2 is 1.90 bits per heavy atom. The number of hydrogen-bond donors (Lipinski definition) is 1. The van der Waals surface area contributed by atoms with E-state index in [0.717, 1.165) is 4.70 Å². The molecule has 106 valence electrons. The number of anilines is 1. The van der Waals surface area contributed by atoms with Gasteiger partial charge in [-0.25, -0.2) is 4.39 Å². The predicted molar refractivity (Wildman–Crippen MR) is 85.9 cm³/mol. The zero-order valence-corrected chi connectivity index (χ0v) is 12.7. The van der Waals surface area contributed by atoms with Gasteiger partial charge in [-0.15, -0.1) is 11.3 Å². The van der Waals surface area contributed by atoms with Gasteiger partial charge in [0.15, 0.2) is 0 Å². The van der Waals surface area contributed by atoms with Crippen molar-refractivity contribution < 1.29 is 9.18 Å². The highest BCUT2D eigenvalue weighted by atomic mass is 35.5. The van der Waals surface area contributed by atoms with Gasteiger partial charge in [-0.05, 0) is 48.9 Å². The van der Waals surface area contributed by atoms with Crippen LogP contribution in [0.3, 0.4) is 0 Å². The Labute approximate surface area is 130 Å².